The summed E-state index contributed by atoms with van der Waals surface area (Å²) in [5, 5.41) is 8.07. The standard InChI is InChI=1S/C14H21N3/c1-5-6-9-15-14-11(3)13-8-7-10(2)12(4)17(13)16-14/h7-8H,5-6,9H2,1-4H3,(H,15,16). The van der Waals surface area contributed by atoms with E-state index < -0.39 is 0 Å². The Bertz CT molecular complexity index is 526. The lowest BCUT2D eigenvalue weighted by molar-refractivity contribution is 0.823. The van der Waals surface area contributed by atoms with E-state index in [0.717, 1.165) is 12.4 Å². The number of unbranched alkanes of at least 4 members (excludes halogenated alkanes) is 1. The Morgan fingerprint density at radius 1 is 1.24 bits per heavy atom. The van der Waals surface area contributed by atoms with Gasteiger partial charge in [-0.05, 0) is 38.8 Å². The van der Waals surface area contributed by atoms with Crippen molar-refractivity contribution in [3.8, 4) is 0 Å². The molecule has 0 atom stereocenters. The van der Waals surface area contributed by atoms with E-state index in [4.69, 9.17) is 0 Å². The molecule has 2 aromatic heterocycles. The predicted octanol–water partition coefficient (Wildman–Crippen LogP) is 3.47. The van der Waals surface area contributed by atoms with Crippen molar-refractivity contribution in [3.63, 3.8) is 0 Å². The molecular weight excluding hydrogens is 210 g/mol. The Morgan fingerprint density at radius 3 is 2.71 bits per heavy atom. The summed E-state index contributed by atoms with van der Waals surface area (Å²) in [4.78, 5) is 0. The molecule has 0 unspecified atom stereocenters. The molecule has 1 N–H and O–H groups in total. The first kappa shape index (κ1) is 12.0. The van der Waals surface area contributed by atoms with Gasteiger partial charge in [0, 0.05) is 17.8 Å². The van der Waals surface area contributed by atoms with E-state index in [2.05, 4.69) is 50.2 Å². The Balaban J connectivity index is 2.39. The van der Waals surface area contributed by atoms with Gasteiger partial charge in [0.2, 0.25) is 0 Å². The molecule has 17 heavy (non-hydrogen) atoms. The summed E-state index contributed by atoms with van der Waals surface area (Å²) in [7, 11) is 0. The fraction of sp³-hybridized carbons (Fsp3) is 0.500. The smallest absolute Gasteiger partial charge is 0.152 e. The van der Waals surface area contributed by atoms with Gasteiger partial charge in [0.05, 0.1) is 5.52 Å². The summed E-state index contributed by atoms with van der Waals surface area (Å²) in [6.07, 6.45) is 2.39. The molecule has 0 aliphatic rings. The van der Waals surface area contributed by atoms with Crippen LogP contribution in [0.15, 0.2) is 12.1 Å². The molecule has 0 radical (unpaired) electrons. The Morgan fingerprint density at radius 2 is 2.00 bits per heavy atom. The minimum absolute atomic E-state index is 0.999. The molecule has 0 spiro atoms. The maximum Gasteiger partial charge on any atom is 0.152 e. The lowest BCUT2D eigenvalue weighted by Crippen LogP contribution is -2.03. The van der Waals surface area contributed by atoms with Gasteiger partial charge < -0.3 is 5.32 Å². The number of aromatic nitrogens is 2. The van der Waals surface area contributed by atoms with Crippen LogP contribution in [-0.4, -0.2) is 16.2 Å². The molecule has 0 amide bonds. The Labute approximate surface area is 103 Å². The van der Waals surface area contributed by atoms with E-state index in [1.165, 1.54) is 35.2 Å². The molecular formula is C14H21N3. The number of nitrogens with zero attached hydrogens (tertiary/aromatic N) is 2. The van der Waals surface area contributed by atoms with E-state index in [1.54, 1.807) is 0 Å². The largest absolute Gasteiger partial charge is 0.368 e. The highest BCUT2D eigenvalue weighted by atomic mass is 15.3. The molecule has 0 bridgehead atoms. The first-order chi connectivity index (χ1) is 8.15. The number of hydrogen-bond donors (Lipinski definition) is 1. The van der Waals surface area contributed by atoms with E-state index in [0.29, 0.717) is 0 Å². The minimum Gasteiger partial charge on any atom is -0.368 e. The van der Waals surface area contributed by atoms with Crippen LogP contribution in [0.5, 0.6) is 0 Å². The number of aryl methyl sites for hydroxylation is 3. The van der Waals surface area contributed by atoms with E-state index in [9.17, 15) is 0 Å². The van der Waals surface area contributed by atoms with Crippen LogP contribution in [0.2, 0.25) is 0 Å². The van der Waals surface area contributed by atoms with Gasteiger partial charge in [-0.15, -0.1) is 5.10 Å². The maximum atomic E-state index is 4.65. The first-order valence-electron chi connectivity index (χ1n) is 6.34. The quantitative estimate of drug-likeness (QED) is 0.816. The first-order valence-corrected chi connectivity index (χ1v) is 6.34. The highest BCUT2D eigenvalue weighted by Crippen LogP contribution is 2.21. The average Bonchev–Trinajstić information content (AvgIpc) is 2.63. The van der Waals surface area contributed by atoms with Gasteiger partial charge in [0.1, 0.15) is 0 Å². The molecule has 0 aliphatic heterocycles. The zero-order valence-electron chi connectivity index (χ0n) is 11.2. The lowest BCUT2D eigenvalue weighted by Gasteiger charge is -2.02. The third kappa shape index (κ3) is 2.14. The van der Waals surface area contributed by atoms with Gasteiger partial charge in [-0.25, -0.2) is 4.52 Å². The van der Waals surface area contributed by atoms with Gasteiger partial charge in [-0.1, -0.05) is 19.4 Å². The predicted molar refractivity (Wildman–Crippen MR) is 72.8 cm³/mol. The molecule has 92 valence electrons. The normalized spacial score (nSPS) is 11.1. The third-order valence-electron chi connectivity index (χ3n) is 3.37. The Hall–Kier alpha value is -1.51. The number of hydrogen-bond acceptors (Lipinski definition) is 2. The van der Waals surface area contributed by atoms with Crippen molar-refractivity contribution in [1.29, 1.82) is 0 Å². The molecule has 2 rings (SSSR count). The molecule has 2 aromatic rings. The van der Waals surface area contributed by atoms with Crippen LogP contribution in [-0.2, 0) is 0 Å². The average molecular weight is 231 g/mol. The summed E-state index contributed by atoms with van der Waals surface area (Å²) in [5.41, 5.74) is 4.94. The summed E-state index contributed by atoms with van der Waals surface area (Å²) < 4.78 is 2.04. The molecule has 3 heteroatoms. The summed E-state index contributed by atoms with van der Waals surface area (Å²) in [6.45, 7) is 9.57. The van der Waals surface area contributed by atoms with E-state index >= 15 is 0 Å². The van der Waals surface area contributed by atoms with Crippen molar-refractivity contribution in [1.82, 2.24) is 9.61 Å². The van der Waals surface area contributed by atoms with Crippen LogP contribution < -0.4 is 5.32 Å². The van der Waals surface area contributed by atoms with Crippen molar-refractivity contribution in [2.75, 3.05) is 11.9 Å². The van der Waals surface area contributed by atoms with E-state index in [1.807, 2.05) is 4.52 Å². The highest BCUT2D eigenvalue weighted by molar-refractivity contribution is 5.65. The number of anilines is 1. The van der Waals surface area contributed by atoms with Crippen LogP contribution in [0.4, 0.5) is 5.82 Å². The topological polar surface area (TPSA) is 29.3 Å². The molecule has 3 nitrogen and oxygen atoms in total. The fourth-order valence-corrected chi connectivity index (χ4v) is 2.00. The van der Waals surface area contributed by atoms with Crippen LogP contribution in [0.25, 0.3) is 5.52 Å². The van der Waals surface area contributed by atoms with E-state index in [-0.39, 0.29) is 0 Å². The SMILES string of the molecule is CCCCNc1nn2c(C)c(C)ccc2c1C. The molecule has 2 heterocycles. The van der Waals surface area contributed by atoms with Crippen molar-refractivity contribution in [2.24, 2.45) is 0 Å². The zero-order chi connectivity index (χ0) is 12.4. The number of fused-ring (bicyclic) bond motifs is 1. The van der Waals surface area contributed by atoms with Gasteiger partial charge in [0.25, 0.3) is 0 Å². The summed E-state index contributed by atoms with van der Waals surface area (Å²) in [5.74, 6) is 1.02. The van der Waals surface area contributed by atoms with Gasteiger partial charge in [-0.3, -0.25) is 0 Å². The molecule has 0 fully saturated rings. The maximum absolute atomic E-state index is 4.65. The second-order valence-electron chi connectivity index (χ2n) is 4.65. The third-order valence-corrected chi connectivity index (χ3v) is 3.37. The Kier molecular flexibility index (Phi) is 3.36. The van der Waals surface area contributed by atoms with Crippen molar-refractivity contribution >= 4 is 11.3 Å². The monoisotopic (exact) mass is 231 g/mol. The van der Waals surface area contributed by atoms with Crippen LogP contribution in [0.3, 0.4) is 0 Å². The zero-order valence-corrected chi connectivity index (χ0v) is 11.2. The number of rotatable bonds is 4. The van der Waals surface area contributed by atoms with Gasteiger partial charge in [-0.2, -0.15) is 0 Å². The van der Waals surface area contributed by atoms with Crippen molar-refractivity contribution in [2.45, 2.75) is 40.5 Å². The fourth-order valence-electron chi connectivity index (χ4n) is 2.00. The lowest BCUT2D eigenvalue weighted by atomic mass is 10.2. The van der Waals surface area contributed by atoms with Gasteiger partial charge in [0.15, 0.2) is 5.82 Å². The number of pyridine rings is 1. The summed E-state index contributed by atoms with van der Waals surface area (Å²) >= 11 is 0. The van der Waals surface area contributed by atoms with Crippen molar-refractivity contribution < 1.29 is 0 Å². The second-order valence-corrected chi connectivity index (χ2v) is 4.65. The highest BCUT2D eigenvalue weighted by Gasteiger charge is 2.10. The van der Waals surface area contributed by atoms with Crippen LogP contribution in [0, 0.1) is 20.8 Å². The number of nitrogens with one attached hydrogen (secondary N) is 1. The molecule has 0 aliphatic carbocycles. The van der Waals surface area contributed by atoms with Crippen molar-refractivity contribution in [3.05, 3.63) is 29.0 Å². The molecule has 0 saturated heterocycles. The van der Waals surface area contributed by atoms with Gasteiger partial charge >= 0.3 is 0 Å². The van der Waals surface area contributed by atoms with Crippen LogP contribution >= 0.6 is 0 Å². The molecule has 0 saturated carbocycles. The van der Waals surface area contributed by atoms with Crippen LogP contribution in [0.1, 0.15) is 36.6 Å². The molecule has 0 aromatic carbocycles. The minimum atomic E-state index is 0.999. The second kappa shape index (κ2) is 4.78. The summed E-state index contributed by atoms with van der Waals surface area (Å²) in [6, 6.07) is 4.31.